The zero-order valence-corrected chi connectivity index (χ0v) is 24.9. The number of fused-ring (bicyclic) bond motifs is 1. The Morgan fingerprint density at radius 3 is 2.57 bits per heavy atom. The van der Waals surface area contributed by atoms with E-state index in [9.17, 15) is 29.2 Å². The number of nitrogens with two attached hydrogens (primary N) is 1. The Morgan fingerprint density at radius 1 is 1.24 bits per heavy atom. The molecule has 1 aromatic heterocycles. The van der Waals surface area contributed by atoms with Crippen molar-refractivity contribution in [2.24, 2.45) is 11.1 Å². The molecule has 4 N–H and O–H groups in total. The minimum atomic E-state index is -1.24. The second-order valence-corrected chi connectivity index (χ2v) is 12.0. The van der Waals surface area contributed by atoms with Gasteiger partial charge in [-0.1, -0.05) is 24.4 Å². The number of carbonyl (C=O) groups is 5. The number of nitrogens with zero attached hydrogens (tertiary/aromatic N) is 4. The summed E-state index contributed by atoms with van der Waals surface area (Å²) in [5, 5.41) is 15.7. The molecular formula is C25H32N6O9S2. The summed E-state index contributed by atoms with van der Waals surface area (Å²) in [6.45, 7) is 1.10. The number of thiazole rings is 1. The first-order valence-corrected chi connectivity index (χ1v) is 15.1. The van der Waals surface area contributed by atoms with Crippen molar-refractivity contribution in [1.29, 1.82) is 0 Å². The number of carbonyl (C=O) groups excluding carboxylic acids is 5. The highest BCUT2D eigenvalue weighted by Gasteiger charge is 2.55. The fourth-order valence-electron chi connectivity index (χ4n) is 4.71. The smallest absolute Gasteiger partial charge is 0.409 e. The maximum Gasteiger partial charge on any atom is 0.409 e. The van der Waals surface area contributed by atoms with Gasteiger partial charge in [0, 0.05) is 37.7 Å². The molecule has 2 unspecified atom stereocenters. The van der Waals surface area contributed by atoms with Crippen LogP contribution in [0.15, 0.2) is 21.8 Å². The van der Waals surface area contributed by atoms with Crippen LogP contribution in [0.3, 0.4) is 0 Å². The molecular weight excluding hydrogens is 592 g/mol. The van der Waals surface area contributed by atoms with E-state index in [0.717, 1.165) is 35.5 Å². The lowest BCUT2D eigenvalue weighted by atomic mass is 9.89. The van der Waals surface area contributed by atoms with E-state index in [0.29, 0.717) is 18.4 Å². The predicted molar refractivity (Wildman–Crippen MR) is 150 cm³/mol. The van der Waals surface area contributed by atoms with Crippen LogP contribution in [-0.2, 0) is 33.4 Å². The Balaban J connectivity index is 1.49. The molecule has 1 saturated heterocycles. The number of β-lactam (4-membered cyclic amide) rings is 1. The second kappa shape index (κ2) is 13.4. The lowest BCUT2D eigenvalue weighted by molar-refractivity contribution is -0.187. The van der Waals surface area contributed by atoms with Crippen LogP contribution in [-0.4, -0.2) is 99.7 Å². The highest BCUT2D eigenvalue weighted by molar-refractivity contribution is 8.00. The average Bonchev–Trinajstić information content (AvgIpc) is 3.39. The van der Waals surface area contributed by atoms with Crippen LogP contribution in [0.2, 0.25) is 0 Å². The zero-order valence-electron chi connectivity index (χ0n) is 23.2. The maximum atomic E-state index is 13.4. The number of anilines is 1. The van der Waals surface area contributed by atoms with Gasteiger partial charge in [0.15, 0.2) is 10.8 Å². The fourth-order valence-corrected chi connectivity index (χ4v) is 6.58. The molecule has 3 heterocycles. The van der Waals surface area contributed by atoms with E-state index in [1.165, 1.54) is 43.1 Å². The van der Waals surface area contributed by atoms with Crippen molar-refractivity contribution >= 4 is 63.8 Å². The summed E-state index contributed by atoms with van der Waals surface area (Å²) in [5.41, 5.74) is 5.33. The number of oxime groups is 1. The number of hydrogen-bond donors (Lipinski definition) is 3. The number of nitrogen functional groups attached to an aromatic ring is 1. The Morgan fingerprint density at radius 2 is 1.95 bits per heavy atom. The summed E-state index contributed by atoms with van der Waals surface area (Å²) in [6.07, 6.45) is 2.43. The van der Waals surface area contributed by atoms with Crippen LogP contribution in [0.1, 0.15) is 44.7 Å². The van der Waals surface area contributed by atoms with E-state index in [4.69, 9.17) is 19.9 Å². The van der Waals surface area contributed by atoms with E-state index in [1.54, 1.807) is 0 Å². The van der Waals surface area contributed by atoms with Crippen molar-refractivity contribution in [2.75, 3.05) is 32.2 Å². The number of hydrogen-bond acceptors (Lipinski definition) is 14. The van der Waals surface area contributed by atoms with Gasteiger partial charge in [0.05, 0.1) is 5.92 Å². The van der Waals surface area contributed by atoms with Gasteiger partial charge in [-0.25, -0.2) is 14.6 Å². The molecule has 17 heteroatoms. The number of aromatic nitrogens is 1. The Bertz CT molecular complexity index is 1310. The first-order valence-electron chi connectivity index (χ1n) is 13.2. The molecule has 2 fully saturated rings. The van der Waals surface area contributed by atoms with Gasteiger partial charge in [-0.3, -0.25) is 19.3 Å². The van der Waals surface area contributed by atoms with Crippen LogP contribution < -0.4 is 11.1 Å². The molecule has 0 aromatic carbocycles. The summed E-state index contributed by atoms with van der Waals surface area (Å²) in [4.78, 5) is 70.4. The van der Waals surface area contributed by atoms with Crippen LogP contribution >= 0.6 is 23.1 Å². The van der Waals surface area contributed by atoms with E-state index < -0.39 is 53.3 Å². The van der Waals surface area contributed by atoms with Gasteiger partial charge >= 0.3 is 18.0 Å². The van der Waals surface area contributed by atoms with Crippen LogP contribution in [0.5, 0.6) is 0 Å². The van der Waals surface area contributed by atoms with Crippen molar-refractivity contribution in [1.82, 2.24) is 20.1 Å². The van der Waals surface area contributed by atoms with E-state index >= 15 is 0 Å². The third-order valence-corrected chi connectivity index (χ3v) is 8.85. The van der Waals surface area contributed by atoms with Crippen molar-refractivity contribution in [3.05, 3.63) is 22.3 Å². The molecule has 3 amide bonds. The minimum absolute atomic E-state index is 0.0309. The highest BCUT2D eigenvalue weighted by Crippen LogP contribution is 2.41. The SMILES string of the molecule is CC(OC(=O)C1=C(COC(=O)N(C)C)CS[C@H]2C(NC(=O)/C(=N\O)c3csc(N)n3)C(=O)N12)OC(=O)C1CCCCC1. The van der Waals surface area contributed by atoms with Crippen LogP contribution in [0.4, 0.5) is 9.93 Å². The molecule has 4 rings (SSSR count). The van der Waals surface area contributed by atoms with E-state index in [2.05, 4.69) is 15.5 Å². The maximum absolute atomic E-state index is 13.4. The van der Waals surface area contributed by atoms with Gasteiger partial charge in [0.1, 0.15) is 29.4 Å². The quantitative estimate of drug-likeness (QED) is 0.0888. The molecule has 0 spiro atoms. The second-order valence-electron chi connectivity index (χ2n) is 10.0. The number of amides is 3. The number of ether oxygens (including phenoxy) is 3. The molecule has 1 saturated carbocycles. The van der Waals surface area contributed by atoms with Crippen LogP contribution in [0, 0.1) is 5.92 Å². The lowest BCUT2D eigenvalue weighted by Gasteiger charge is -2.49. The monoisotopic (exact) mass is 624 g/mol. The molecule has 3 atom stereocenters. The number of nitrogens with one attached hydrogen (secondary N) is 1. The topological polar surface area (TPSA) is 203 Å². The molecule has 15 nitrogen and oxygen atoms in total. The normalized spacial score (nSPS) is 21.5. The summed E-state index contributed by atoms with van der Waals surface area (Å²) < 4.78 is 16.0. The Labute approximate surface area is 249 Å². The molecule has 228 valence electrons. The molecule has 0 bridgehead atoms. The van der Waals surface area contributed by atoms with Crippen molar-refractivity contribution < 1.29 is 43.4 Å². The molecule has 42 heavy (non-hydrogen) atoms. The molecule has 0 radical (unpaired) electrons. The third-order valence-electron chi connectivity index (χ3n) is 6.84. The van der Waals surface area contributed by atoms with E-state index in [-0.39, 0.29) is 34.8 Å². The summed E-state index contributed by atoms with van der Waals surface area (Å²) >= 11 is 2.26. The van der Waals surface area contributed by atoms with Crippen molar-refractivity contribution in [3.63, 3.8) is 0 Å². The molecule has 1 aliphatic carbocycles. The minimum Gasteiger partial charge on any atom is -0.445 e. The van der Waals surface area contributed by atoms with Crippen molar-refractivity contribution in [3.8, 4) is 0 Å². The molecule has 1 aromatic rings. The van der Waals surface area contributed by atoms with Gasteiger partial charge in [0.25, 0.3) is 11.8 Å². The average molecular weight is 625 g/mol. The fraction of sp³-hybridized carbons (Fsp3) is 0.560. The van der Waals surface area contributed by atoms with Crippen molar-refractivity contribution in [2.45, 2.75) is 56.7 Å². The zero-order chi connectivity index (χ0) is 30.6. The Hall–Kier alpha value is -3.86. The standard InChI is InChI=1S/C25H32N6O9S2/c1-12(39-22(34)13-7-5-4-6-8-13)40-23(35)18-14(9-38-25(36)30(2)3)10-41-21-17(20(33)31(18)21)28-19(32)16(29-37)15-11-42-24(26)27-15/h11-13,17,21,37H,4-10H2,1-3H3,(H2,26,27)(H,28,32)/b29-16-/t12?,17?,21-/m0/s1. The van der Waals surface area contributed by atoms with Gasteiger partial charge in [0.2, 0.25) is 6.29 Å². The lowest BCUT2D eigenvalue weighted by Crippen LogP contribution is -2.71. The highest BCUT2D eigenvalue weighted by atomic mass is 32.2. The van der Waals surface area contributed by atoms with Gasteiger partial charge in [-0.2, -0.15) is 0 Å². The summed E-state index contributed by atoms with van der Waals surface area (Å²) in [5.74, 6) is -3.02. The third kappa shape index (κ3) is 6.78. The first-order chi connectivity index (χ1) is 20.0. The summed E-state index contributed by atoms with van der Waals surface area (Å²) in [6, 6.07) is -1.08. The van der Waals surface area contributed by atoms with E-state index in [1.807, 2.05) is 0 Å². The summed E-state index contributed by atoms with van der Waals surface area (Å²) in [7, 11) is 2.99. The van der Waals surface area contributed by atoms with Crippen LogP contribution in [0.25, 0.3) is 0 Å². The molecule has 3 aliphatic rings. The number of thioether (sulfide) groups is 1. The first kappa shape index (κ1) is 31.1. The Kier molecular flexibility index (Phi) is 9.93. The van der Waals surface area contributed by atoms with Gasteiger partial charge in [-0.05, 0) is 12.8 Å². The molecule has 2 aliphatic heterocycles. The number of rotatable bonds is 9. The van der Waals surface area contributed by atoms with Gasteiger partial charge in [-0.15, -0.1) is 23.1 Å². The van der Waals surface area contributed by atoms with Gasteiger partial charge < -0.3 is 35.4 Å². The number of esters is 2. The predicted octanol–water partition coefficient (Wildman–Crippen LogP) is 1.27. The largest absolute Gasteiger partial charge is 0.445 e.